The lowest BCUT2D eigenvalue weighted by Gasteiger charge is -2.36. The second kappa shape index (κ2) is 17.1. The van der Waals surface area contributed by atoms with Gasteiger partial charge in [0.2, 0.25) is 32.8 Å². The number of nitrogens with two attached hydrogens (primary N) is 3. The normalized spacial score (nSPS) is 15.4. The zero-order valence-corrected chi connectivity index (χ0v) is 32.6. The number of primary sulfonamides is 3. The van der Waals surface area contributed by atoms with Gasteiger partial charge in [-0.25, -0.2) is 40.7 Å². The fourth-order valence-corrected chi connectivity index (χ4v) is 8.67. The first kappa shape index (κ1) is 41.9. The Morgan fingerprint density at radius 2 is 0.648 bits per heavy atom. The summed E-state index contributed by atoms with van der Waals surface area (Å²) < 4.78 is 80.7. The van der Waals surface area contributed by atoms with Crippen molar-refractivity contribution in [2.75, 3.05) is 31.9 Å². The minimum atomic E-state index is -4.55. The largest absolute Gasteiger partial charge is 0.349 e. The summed E-state index contributed by atoms with van der Waals surface area (Å²) in [5.41, 5.74) is 1.14. The van der Waals surface area contributed by atoms with Crippen LogP contribution in [0.5, 0.6) is 0 Å². The predicted molar refractivity (Wildman–Crippen MR) is 213 cm³/mol. The van der Waals surface area contributed by atoms with Gasteiger partial charge in [-0.1, -0.05) is 94.6 Å². The summed E-state index contributed by atoms with van der Waals surface area (Å²) in [6.45, 7) is 5.22. The van der Waals surface area contributed by atoms with Crippen molar-refractivity contribution in [1.29, 1.82) is 0 Å². The second-order valence-corrected chi connectivity index (χ2v) is 17.9. The van der Waals surface area contributed by atoms with Gasteiger partial charge in [-0.3, -0.25) is 0 Å². The summed E-state index contributed by atoms with van der Waals surface area (Å²) in [6, 6.07) is 25.2. The van der Waals surface area contributed by atoms with Crippen LogP contribution in [0.2, 0.25) is 0 Å². The lowest BCUT2D eigenvalue weighted by molar-refractivity contribution is 0.532. The molecule has 0 radical (unpaired) electrons. The molecule has 12 N–H and O–H groups in total. The molecule has 0 fully saturated rings. The van der Waals surface area contributed by atoms with E-state index in [2.05, 4.69) is 46.9 Å². The first-order chi connectivity index (χ1) is 25.4. The van der Waals surface area contributed by atoms with E-state index in [0.717, 1.165) is 0 Å². The van der Waals surface area contributed by atoms with E-state index in [1.54, 1.807) is 112 Å². The lowest BCUT2D eigenvalue weighted by Crippen LogP contribution is -2.57. The number of aromatic nitrogens is 3. The predicted octanol–water partition coefficient (Wildman–Crippen LogP) is 3.67. The molecule has 54 heavy (non-hydrogen) atoms. The van der Waals surface area contributed by atoms with E-state index in [1.165, 1.54) is 0 Å². The highest BCUT2D eigenvalue weighted by Gasteiger charge is 2.46. The van der Waals surface area contributed by atoms with Gasteiger partial charge in [-0.2, -0.15) is 15.0 Å². The van der Waals surface area contributed by atoms with Crippen molar-refractivity contribution >= 4 is 65.0 Å². The average molecular weight is 805 g/mol. The van der Waals surface area contributed by atoms with Gasteiger partial charge >= 0.3 is 0 Å². The molecular formula is C33H48N12O6S3. The Kier molecular flexibility index (Phi) is 13.3. The summed E-state index contributed by atoms with van der Waals surface area (Å²) in [6.07, 6.45) is 0.540. The first-order valence-electron chi connectivity index (χ1n) is 17.1. The number of para-hydroxylation sites is 3. The molecule has 18 nitrogen and oxygen atoms in total. The van der Waals surface area contributed by atoms with Gasteiger partial charge in [0.05, 0.1) is 0 Å². The second-order valence-electron chi connectivity index (χ2n) is 12.5. The molecule has 1 aromatic heterocycles. The van der Waals surface area contributed by atoms with Crippen molar-refractivity contribution in [2.45, 2.75) is 74.3 Å². The monoisotopic (exact) mass is 804 g/mol. The molecule has 0 aliphatic heterocycles. The average Bonchev–Trinajstić information content (AvgIpc) is 3.08. The maximum atomic E-state index is 13.5. The third-order valence-corrected chi connectivity index (χ3v) is 12.3. The maximum Gasteiger partial charge on any atom is 0.252 e. The first-order valence-corrected chi connectivity index (χ1v) is 21.7. The number of rotatable bonds is 21. The van der Waals surface area contributed by atoms with Gasteiger partial charge in [0.1, 0.15) is 0 Å². The van der Waals surface area contributed by atoms with Gasteiger partial charge in [0.15, 0.2) is 0 Å². The molecule has 0 spiro atoms. The van der Waals surface area contributed by atoms with Crippen LogP contribution < -0.4 is 47.3 Å². The van der Waals surface area contributed by atoms with Crippen LogP contribution in [0, 0.1) is 0 Å². The zero-order chi connectivity index (χ0) is 39.7. The van der Waals surface area contributed by atoms with E-state index in [9.17, 15) is 25.3 Å². The van der Waals surface area contributed by atoms with Gasteiger partial charge < -0.3 is 31.9 Å². The van der Waals surface area contributed by atoms with Crippen LogP contribution in [-0.2, 0) is 30.1 Å². The van der Waals surface area contributed by atoms with Crippen LogP contribution >= 0.6 is 0 Å². The number of nitrogens with one attached hydrogen (secondary N) is 6. The van der Waals surface area contributed by atoms with Crippen molar-refractivity contribution in [3.63, 3.8) is 0 Å². The Morgan fingerprint density at radius 1 is 0.426 bits per heavy atom. The molecule has 0 amide bonds. The zero-order valence-electron chi connectivity index (χ0n) is 30.2. The van der Waals surface area contributed by atoms with E-state index >= 15 is 0 Å². The topological polar surface area (TPSA) is 291 Å². The van der Waals surface area contributed by atoms with E-state index in [-0.39, 0.29) is 19.3 Å². The van der Waals surface area contributed by atoms with Crippen LogP contribution in [0.15, 0.2) is 91.0 Å². The SMILES string of the molecule is CCCC(Nc1ccccc1)(Nc1nc(NC(CCC)(Nc2ccccc2)S(N)(=O)=O)nc(NC(CCC)(Nc2ccccc2)S(N)(=O)=O)n1)S(N)(=O)=O. The number of nitrogens with zero attached hydrogens (tertiary/aromatic N) is 3. The highest BCUT2D eigenvalue weighted by atomic mass is 32.2. The standard InChI is InChI=1S/C33H48N12O6S3/c1-4-22-31(52(34,46)47,40-25-16-10-7-11-17-25)43-28-37-29(44-32(23-5-2,53(35,48)49)41-26-18-12-8-13-19-26)39-30(38-28)45-33(24-6-3,54(36,50)51)42-27-20-14-9-15-21-27/h7-21,40-42H,4-6,22-24H2,1-3H3,(H2,34,46,47)(H2,35,48,49)(H2,36,50,51)(H3,37,38,39,43,44,45). The molecule has 0 aliphatic carbocycles. The number of hydrogen-bond donors (Lipinski definition) is 9. The molecule has 0 saturated carbocycles. The van der Waals surface area contributed by atoms with Crippen LogP contribution in [0.1, 0.15) is 59.3 Å². The van der Waals surface area contributed by atoms with Crippen molar-refractivity contribution in [3.8, 4) is 0 Å². The van der Waals surface area contributed by atoms with Crippen molar-refractivity contribution in [1.82, 2.24) is 15.0 Å². The molecule has 294 valence electrons. The molecule has 4 aromatic rings. The van der Waals surface area contributed by atoms with Crippen molar-refractivity contribution < 1.29 is 25.3 Å². The Balaban J connectivity index is 1.97. The Labute approximate surface area is 316 Å². The third kappa shape index (κ3) is 10.0. The lowest BCUT2D eigenvalue weighted by atomic mass is 10.2. The molecule has 1 heterocycles. The molecule has 3 atom stereocenters. The summed E-state index contributed by atoms with van der Waals surface area (Å²) in [4.78, 5) is 6.78. The van der Waals surface area contributed by atoms with E-state index in [0.29, 0.717) is 36.3 Å². The number of anilines is 6. The van der Waals surface area contributed by atoms with Crippen LogP contribution in [0.25, 0.3) is 0 Å². The quantitative estimate of drug-likeness (QED) is 0.0543. The van der Waals surface area contributed by atoms with E-state index < -0.39 is 62.9 Å². The Morgan fingerprint density at radius 3 is 0.833 bits per heavy atom. The van der Waals surface area contributed by atoms with E-state index in [4.69, 9.17) is 15.4 Å². The van der Waals surface area contributed by atoms with Gasteiger partial charge in [0, 0.05) is 36.3 Å². The number of benzene rings is 3. The van der Waals surface area contributed by atoms with E-state index in [1.807, 2.05) is 0 Å². The van der Waals surface area contributed by atoms with Crippen molar-refractivity contribution in [2.24, 2.45) is 15.4 Å². The fourth-order valence-electron chi connectivity index (χ4n) is 5.73. The fraction of sp³-hybridized carbons (Fsp3) is 0.364. The summed E-state index contributed by atoms with van der Waals surface area (Å²) in [5.74, 6) is -1.33. The molecule has 3 unspecified atom stereocenters. The highest BCUT2D eigenvalue weighted by molar-refractivity contribution is 7.91. The highest BCUT2D eigenvalue weighted by Crippen LogP contribution is 2.31. The molecule has 0 aliphatic rings. The maximum absolute atomic E-state index is 13.5. The molecular weight excluding hydrogens is 757 g/mol. The molecule has 3 aromatic carbocycles. The summed E-state index contributed by atoms with van der Waals surface area (Å²) in [5, 5.41) is 34.9. The van der Waals surface area contributed by atoms with Crippen LogP contribution in [0.3, 0.4) is 0 Å². The van der Waals surface area contributed by atoms with Gasteiger partial charge in [-0.15, -0.1) is 0 Å². The smallest absolute Gasteiger partial charge is 0.252 e. The number of sulfonamides is 3. The van der Waals surface area contributed by atoms with Gasteiger partial charge in [-0.05, 0) is 36.4 Å². The van der Waals surface area contributed by atoms with Crippen LogP contribution in [0.4, 0.5) is 34.9 Å². The summed E-state index contributed by atoms with van der Waals surface area (Å²) >= 11 is 0. The summed E-state index contributed by atoms with van der Waals surface area (Å²) in [7, 11) is -13.6. The molecule has 0 bridgehead atoms. The third-order valence-electron chi connectivity index (χ3n) is 8.20. The minimum Gasteiger partial charge on any atom is -0.349 e. The Bertz CT molecular complexity index is 1910. The van der Waals surface area contributed by atoms with Crippen molar-refractivity contribution in [3.05, 3.63) is 91.0 Å². The number of hydrogen-bond acceptors (Lipinski definition) is 15. The molecule has 0 saturated heterocycles. The molecule has 21 heteroatoms. The Hall–Kier alpha value is -4.80. The van der Waals surface area contributed by atoms with Crippen LogP contribution in [-0.4, -0.2) is 55.2 Å². The minimum absolute atomic E-state index is 0.114. The molecule has 4 rings (SSSR count). The van der Waals surface area contributed by atoms with Gasteiger partial charge in [0.25, 0.3) is 30.1 Å².